The van der Waals surface area contributed by atoms with Crippen LogP contribution in [0.25, 0.3) is 0 Å². The molecular weight excluding hydrogens is 268 g/mol. The first-order valence-corrected chi connectivity index (χ1v) is 7.20. The first-order valence-electron chi connectivity index (χ1n) is 7.20. The van der Waals surface area contributed by atoms with Crippen LogP contribution in [-0.4, -0.2) is 33.7 Å². The molecule has 1 amide bonds. The van der Waals surface area contributed by atoms with Crippen LogP contribution in [-0.2, 0) is 23.7 Å². The first-order chi connectivity index (χ1) is 10.2. The second kappa shape index (κ2) is 5.37. The summed E-state index contributed by atoms with van der Waals surface area (Å²) < 4.78 is 7.49. The van der Waals surface area contributed by atoms with Gasteiger partial charge >= 0.3 is 0 Å². The molecule has 0 saturated carbocycles. The van der Waals surface area contributed by atoms with Crippen LogP contribution in [0.2, 0.25) is 0 Å². The molecule has 1 atom stereocenters. The Hall–Kier alpha value is -2.08. The van der Waals surface area contributed by atoms with Crippen molar-refractivity contribution in [2.75, 3.05) is 13.2 Å². The van der Waals surface area contributed by atoms with Gasteiger partial charge in [-0.25, -0.2) is 4.98 Å². The summed E-state index contributed by atoms with van der Waals surface area (Å²) in [6.45, 7) is 3.12. The quantitative estimate of drug-likeness (QED) is 0.892. The van der Waals surface area contributed by atoms with E-state index in [0.717, 1.165) is 29.9 Å². The van der Waals surface area contributed by atoms with Crippen molar-refractivity contribution in [3.8, 4) is 0 Å². The van der Waals surface area contributed by atoms with Crippen LogP contribution in [0.5, 0.6) is 0 Å². The molecule has 0 aromatic carbocycles. The predicted octanol–water partition coefficient (Wildman–Crippen LogP) is 1.36. The summed E-state index contributed by atoms with van der Waals surface area (Å²) in [5.41, 5.74) is 1.19. The van der Waals surface area contributed by atoms with E-state index in [-0.39, 0.29) is 5.91 Å². The van der Waals surface area contributed by atoms with Crippen LogP contribution < -0.4 is 5.32 Å². The molecule has 6 nitrogen and oxygen atoms in total. The van der Waals surface area contributed by atoms with Gasteiger partial charge in [0.05, 0.1) is 12.2 Å². The van der Waals surface area contributed by atoms with Gasteiger partial charge in [0.25, 0.3) is 5.91 Å². The van der Waals surface area contributed by atoms with Crippen molar-refractivity contribution in [1.82, 2.24) is 19.9 Å². The average molecular weight is 288 g/mol. The highest BCUT2D eigenvalue weighted by Gasteiger charge is 2.41. The van der Waals surface area contributed by atoms with E-state index in [1.54, 1.807) is 12.4 Å². The fraction of sp³-hybridized carbons (Fsp3) is 0.467. The summed E-state index contributed by atoms with van der Waals surface area (Å²) in [7, 11) is 1.95. The van der Waals surface area contributed by atoms with Gasteiger partial charge in [-0.05, 0) is 12.5 Å². The van der Waals surface area contributed by atoms with Crippen LogP contribution in [0.3, 0.4) is 0 Å². The lowest BCUT2D eigenvalue weighted by Crippen LogP contribution is -2.47. The minimum absolute atomic E-state index is 0.0747. The van der Waals surface area contributed by atoms with Gasteiger partial charge in [0.2, 0.25) is 0 Å². The number of aryl methyl sites for hydroxylation is 1. The molecule has 112 valence electrons. The Bertz CT molecular complexity index is 624. The third-order valence-electron chi connectivity index (χ3n) is 4.11. The topological polar surface area (TPSA) is 71.9 Å². The summed E-state index contributed by atoms with van der Waals surface area (Å²) in [6, 6.07) is 1.86. The highest BCUT2D eigenvalue weighted by atomic mass is 16.5. The molecule has 21 heavy (non-hydrogen) atoms. The number of ether oxygens (including phenoxy) is 1. The molecule has 6 heteroatoms. The SMILES string of the molecule is CCc1c(C(=O)NC2(c3ncc[nH]3)CCOC2)ccn1C. The van der Waals surface area contributed by atoms with Crippen LogP contribution >= 0.6 is 0 Å². The molecule has 0 aliphatic carbocycles. The van der Waals surface area contributed by atoms with E-state index >= 15 is 0 Å². The lowest BCUT2D eigenvalue weighted by molar-refractivity contribution is 0.0868. The fourth-order valence-electron chi connectivity index (χ4n) is 2.93. The highest BCUT2D eigenvalue weighted by molar-refractivity contribution is 5.96. The number of amides is 1. The predicted molar refractivity (Wildman–Crippen MR) is 78.0 cm³/mol. The van der Waals surface area contributed by atoms with Crippen LogP contribution in [0.4, 0.5) is 0 Å². The number of aromatic amines is 1. The number of carbonyl (C=O) groups is 1. The first kappa shape index (κ1) is 13.9. The Kier molecular flexibility index (Phi) is 3.55. The maximum atomic E-state index is 12.7. The molecule has 2 aromatic rings. The number of carbonyl (C=O) groups excluding carboxylic acids is 1. The number of rotatable bonds is 4. The maximum Gasteiger partial charge on any atom is 0.253 e. The number of imidazole rings is 1. The number of nitrogens with one attached hydrogen (secondary N) is 2. The van der Waals surface area contributed by atoms with Crippen LogP contribution in [0.1, 0.15) is 35.2 Å². The Balaban J connectivity index is 1.88. The van der Waals surface area contributed by atoms with E-state index in [0.29, 0.717) is 13.2 Å². The molecule has 1 aliphatic rings. The molecular formula is C15H20N4O2. The molecule has 2 N–H and O–H groups in total. The van der Waals surface area contributed by atoms with E-state index in [1.165, 1.54) is 0 Å². The van der Waals surface area contributed by atoms with E-state index in [2.05, 4.69) is 15.3 Å². The average Bonchev–Trinajstić information content (AvgIpc) is 3.18. The third kappa shape index (κ3) is 2.35. The molecule has 1 saturated heterocycles. The van der Waals surface area contributed by atoms with Crippen molar-refractivity contribution in [3.05, 3.63) is 41.7 Å². The number of hydrogen-bond acceptors (Lipinski definition) is 3. The highest BCUT2D eigenvalue weighted by Crippen LogP contribution is 2.28. The summed E-state index contributed by atoms with van der Waals surface area (Å²) >= 11 is 0. The molecule has 1 fully saturated rings. The maximum absolute atomic E-state index is 12.7. The zero-order chi connectivity index (χ0) is 14.9. The normalized spacial score (nSPS) is 21.6. The van der Waals surface area contributed by atoms with Gasteiger partial charge in [-0.3, -0.25) is 4.79 Å². The molecule has 2 aromatic heterocycles. The minimum atomic E-state index is -0.554. The molecule has 0 bridgehead atoms. The van der Waals surface area contributed by atoms with E-state index in [1.807, 2.05) is 30.8 Å². The van der Waals surface area contributed by atoms with Crippen molar-refractivity contribution in [2.45, 2.75) is 25.3 Å². The Morgan fingerprint density at radius 1 is 1.62 bits per heavy atom. The summed E-state index contributed by atoms with van der Waals surface area (Å²) in [6.07, 6.45) is 6.92. The second-order valence-electron chi connectivity index (χ2n) is 5.42. The van der Waals surface area contributed by atoms with Crippen molar-refractivity contribution < 1.29 is 9.53 Å². The van der Waals surface area contributed by atoms with Gasteiger partial charge in [-0.1, -0.05) is 6.92 Å². The van der Waals surface area contributed by atoms with Crippen LogP contribution in [0, 0.1) is 0 Å². The van der Waals surface area contributed by atoms with Gasteiger partial charge in [0.15, 0.2) is 0 Å². The fourth-order valence-corrected chi connectivity index (χ4v) is 2.93. The van der Waals surface area contributed by atoms with Gasteiger partial charge in [-0.15, -0.1) is 0 Å². The Labute approximate surface area is 123 Å². The monoisotopic (exact) mass is 288 g/mol. The van der Waals surface area contributed by atoms with Gasteiger partial charge < -0.3 is 19.6 Å². The standard InChI is InChI=1S/C15H20N4O2/c1-3-12-11(4-8-19(12)2)13(20)18-15(5-9-21-10-15)14-16-6-7-17-14/h4,6-8H,3,5,9-10H2,1-2H3,(H,16,17)(H,18,20). The zero-order valence-electron chi connectivity index (χ0n) is 12.3. The molecule has 1 unspecified atom stereocenters. The smallest absolute Gasteiger partial charge is 0.253 e. The van der Waals surface area contributed by atoms with E-state index in [9.17, 15) is 4.79 Å². The number of hydrogen-bond donors (Lipinski definition) is 2. The van der Waals surface area contributed by atoms with Gasteiger partial charge in [0, 0.05) is 44.4 Å². The molecule has 3 heterocycles. The van der Waals surface area contributed by atoms with E-state index in [4.69, 9.17) is 4.74 Å². The van der Waals surface area contributed by atoms with Gasteiger partial charge in [-0.2, -0.15) is 0 Å². The van der Waals surface area contributed by atoms with Crippen molar-refractivity contribution >= 4 is 5.91 Å². The van der Waals surface area contributed by atoms with Crippen molar-refractivity contribution in [2.24, 2.45) is 7.05 Å². The number of aromatic nitrogens is 3. The minimum Gasteiger partial charge on any atom is -0.378 e. The molecule has 0 radical (unpaired) electrons. The number of H-pyrrole nitrogens is 1. The zero-order valence-corrected chi connectivity index (χ0v) is 12.3. The lowest BCUT2D eigenvalue weighted by atomic mass is 9.97. The summed E-state index contributed by atoms with van der Waals surface area (Å²) in [5, 5.41) is 3.13. The molecule has 0 spiro atoms. The van der Waals surface area contributed by atoms with Gasteiger partial charge in [0.1, 0.15) is 11.4 Å². The van der Waals surface area contributed by atoms with Crippen molar-refractivity contribution in [1.29, 1.82) is 0 Å². The van der Waals surface area contributed by atoms with Crippen molar-refractivity contribution in [3.63, 3.8) is 0 Å². The Morgan fingerprint density at radius 3 is 3.10 bits per heavy atom. The third-order valence-corrected chi connectivity index (χ3v) is 4.11. The van der Waals surface area contributed by atoms with E-state index < -0.39 is 5.54 Å². The Morgan fingerprint density at radius 2 is 2.48 bits per heavy atom. The summed E-state index contributed by atoms with van der Waals surface area (Å²) in [5.74, 6) is 0.677. The summed E-state index contributed by atoms with van der Waals surface area (Å²) in [4.78, 5) is 20.1. The number of nitrogens with zero attached hydrogens (tertiary/aromatic N) is 2. The molecule has 3 rings (SSSR count). The molecule has 1 aliphatic heterocycles. The lowest BCUT2D eigenvalue weighted by Gasteiger charge is -2.26. The second-order valence-corrected chi connectivity index (χ2v) is 5.42. The largest absolute Gasteiger partial charge is 0.378 e. The van der Waals surface area contributed by atoms with Crippen LogP contribution in [0.15, 0.2) is 24.7 Å².